The quantitative estimate of drug-likeness (QED) is 0.499. The number of benzene rings is 3. The Morgan fingerprint density at radius 2 is 1.76 bits per heavy atom. The van der Waals surface area contributed by atoms with Gasteiger partial charge in [0.15, 0.2) is 0 Å². The molecule has 0 atom stereocenters. The highest BCUT2D eigenvalue weighted by Gasteiger charge is 2.15. The molecule has 0 bridgehead atoms. The molecule has 3 aromatic rings. The molecule has 6 heteroatoms. The Hall–Kier alpha value is -3.18. The van der Waals surface area contributed by atoms with Gasteiger partial charge in [-0.05, 0) is 83.6 Å². The number of nitrogens with one attached hydrogen (secondary N) is 2. The van der Waals surface area contributed by atoms with E-state index in [4.69, 9.17) is 11.6 Å². The van der Waals surface area contributed by atoms with Gasteiger partial charge < -0.3 is 5.32 Å². The van der Waals surface area contributed by atoms with Crippen LogP contribution in [0.2, 0.25) is 5.02 Å². The molecule has 1 aliphatic rings. The second-order valence-electron chi connectivity index (χ2n) is 7.07. The predicted octanol–water partition coefficient (Wildman–Crippen LogP) is 3.86. The summed E-state index contributed by atoms with van der Waals surface area (Å²) in [7, 11) is 0. The van der Waals surface area contributed by atoms with Crippen LogP contribution in [0.4, 0.5) is 0 Å². The number of hydrogen-bond donors (Lipinski definition) is 2. The van der Waals surface area contributed by atoms with Crippen molar-refractivity contribution in [3.05, 3.63) is 81.9 Å². The van der Waals surface area contributed by atoms with Gasteiger partial charge >= 0.3 is 0 Å². The molecule has 29 heavy (non-hydrogen) atoms. The molecule has 1 aliphatic carbocycles. The number of nitrogens with zero attached hydrogens (tertiary/aromatic N) is 1. The highest BCUT2D eigenvalue weighted by molar-refractivity contribution is 6.30. The average molecular weight is 406 g/mol. The summed E-state index contributed by atoms with van der Waals surface area (Å²) in [5, 5.41) is 9.86. The second-order valence-corrected chi connectivity index (χ2v) is 7.51. The Morgan fingerprint density at radius 1 is 1.00 bits per heavy atom. The third-order valence-corrected chi connectivity index (χ3v) is 5.34. The molecular formula is C23H20ClN3O2. The number of amides is 2. The molecule has 0 saturated heterocycles. The van der Waals surface area contributed by atoms with E-state index in [0.717, 1.165) is 24.1 Å². The zero-order valence-electron chi connectivity index (χ0n) is 16.0. The van der Waals surface area contributed by atoms with Crippen molar-refractivity contribution >= 4 is 39.9 Å². The lowest BCUT2D eigenvalue weighted by Crippen LogP contribution is -2.35. The van der Waals surface area contributed by atoms with Crippen molar-refractivity contribution < 1.29 is 9.59 Å². The molecule has 4 rings (SSSR count). The first-order valence-corrected chi connectivity index (χ1v) is 9.81. The van der Waals surface area contributed by atoms with E-state index in [0.29, 0.717) is 10.6 Å². The Balaban J connectivity index is 1.39. The lowest BCUT2D eigenvalue weighted by atomic mass is 10.00. The van der Waals surface area contributed by atoms with Crippen LogP contribution in [0.25, 0.3) is 10.8 Å². The van der Waals surface area contributed by atoms with Crippen molar-refractivity contribution in [2.75, 3.05) is 6.54 Å². The summed E-state index contributed by atoms with van der Waals surface area (Å²) in [6.07, 6.45) is 2.09. The fraction of sp³-hybridized carbons (Fsp3) is 0.174. The Bertz CT molecular complexity index is 1140. The monoisotopic (exact) mass is 405 g/mol. The van der Waals surface area contributed by atoms with E-state index >= 15 is 0 Å². The van der Waals surface area contributed by atoms with Crippen LogP contribution >= 0.6 is 11.6 Å². The third-order valence-electron chi connectivity index (χ3n) is 5.09. The molecule has 0 aliphatic heterocycles. The number of hydrogen-bond acceptors (Lipinski definition) is 3. The Labute approximate surface area is 173 Å². The first-order valence-electron chi connectivity index (χ1n) is 9.43. The van der Waals surface area contributed by atoms with Gasteiger partial charge in [0.05, 0.1) is 12.3 Å². The molecular weight excluding hydrogens is 386 g/mol. The van der Waals surface area contributed by atoms with Crippen LogP contribution in [-0.2, 0) is 17.6 Å². The molecule has 0 saturated carbocycles. The van der Waals surface area contributed by atoms with Crippen LogP contribution in [0.1, 0.15) is 34.0 Å². The summed E-state index contributed by atoms with van der Waals surface area (Å²) in [4.78, 5) is 24.1. The van der Waals surface area contributed by atoms with Crippen LogP contribution in [0, 0.1) is 0 Å². The van der Waals surface area contributed by atoms with E-state index in [9.17, 15) is 9.59 Å². The maximum Gasteiger partial charge on any atom is 0.259 e. The molecule has 2 amide bonds. The van der Waals surface area contributed by atoms with Gasteiger partial charge in [0.1, 0.15) is 0 Å². The molecule has 0 aromatic heterocycles. The van der Waals surface area contributed by atoms with Crippen LogP contribution < -0.4 is 10.7 Å². The van der Waals surface area contributed by atoms with Crippen molar-refractivity contribution in [2.24, 2.45) is 5.10 Å². The first-order chi connectivity index (χ1) is 14.0. The van der Waals surface area contributed by atoms with Crippen molar-refractivity contribution in [3.63, 3.8) is 0 Å². The smallest absolute Gasteiger partial charge is 0.259 e. The molecule has 0 radical (unpaired) electrons. The lowest BCUT2D eigenvalue weighted by Gasteiger charge is -2.08. The maximum absolute atomic E-state index is 12.1. The van der Waals surface area contributed by atoms with Gasteiger partial charge in [-0.25, -0.2) is 5.43 Å². The largest absolute Gasteiger partial charge is 0.343 e. The molecule has 0 fully saturated rings. The maximum atomic E-state index is 12.1. The molecule has 5 nitrogen and oxygen atoms in total. The standard InChI is InChI=1S/C23H20ClN3O2/c1-14(19-11-17-4-2-3-15-5-6-18(12-19)22(15)17)26-27-21(28)13-25-23(29)16-7-9-20(24)10-8-16/h2-4,7-12H,5-6,13H2,1H3,(H,25,29)(H,27,28)/b26-14+. The lowest BCUT2D eigenvalue weighted by molar-refractivity contribution is -0.120. The van der Waals surface area contributed by atoms with Crippen LogP contribution in [0.3, 0.4) is 0 Å². The molecule has 0 unspecified atom stereocenters. The predicted molar refractivity (Wildman–Crippen MR) is 115 cm³/mol. The fourth-order valence-corrected chi connectivity index (χ4v) is 3.72. The molecule has 146 valence electrons. The topological polar surface area (TPSA) is 70.6 Å². The summed E-state index contributed by atoms with van der Waals surface area (Å²) in [6.45, 7) is 1.70. The number of rotatable bonds is 5. The summed E-state index contributed by atoms with van der Waals surface area (Å²) in [6, 6.07) is 17.1. The van der Waals surface area contributed by atoms with E-state index in [-0.39, 0.29) is 18.4 Å². The van der Waals surface area contributed by atoms with Gasteiger partial charge in [-0.2, -0.15) is 5.10 Å². The minimum Gasteiger partial charge on any atom is -0.343 e. The zero-order chi connectivity index (χ0) is 20.4. The van der Waals surface area contributed by atoms with Gasteiger partial charge in [0.2, 0.25) is 0 Å². The van der Waals surface area contributed by atoms with Crippen molar-refractivity contribution in [1.82, 2.24) is 10.7 Å². The number of carbonyl (C=O) groups is 2. The van der Waals surface area contributed by atoms with Crippen LogP contribution in [0.5, 0.6) is 0 Å². The van der Waals surface area contributed by atoms with E-state index in [1.807, 2.05) is 6.92 Å². The van der Waals surface area contributed by atoms with Crippen molar-refractivity contribution in [1.29, 1.82) is 0 Å². The fourth-order valence-electron chi connectivity index (χ4n) is 3.60. The average Bonchev–Trinajstić information content (AvgIpc) is 3.15. The highest BCUT2D eigenvalue weighted by Crippen LogP contribution is 2.31. The normalized spacial score (nSPS) is 12.8. The first kappa shape index (κ1) is 19.2. The van der Waals surface area contributed by atoms with E-state index in [1.165, 1.54) is 21.9 Å². The van der Waals surface area contributed by atoms with Gasteiger partial charge in [-0.15, -0.1) is 0 Å². The molecule has 0 heterocycles. The zero-order valence-corrected chi connectivity index (χ0v) is 16.7. The van der Waals surface area contributed by atoms with Gasteiger partial charge in [-0.3, -0.25) is 9.59 Å². The number of carbonyl (C=O) groups excluding carboxylic acids is 2. The summed E-state index contributed by atoms with van der Waals surface area (Å²) >= 11 is 5.81. The highest BCUT2D eigenvalue weighted by atomic mass is 35.5. The second kappa shape index (κ2) is 8.05. The SMILES string of the molecule is C/C(=N\NC(=O)CNC(=O)c1ccc(Cl)cc1)c1cc2c3c(cccc3c1)CC2. The molecule has 2 N–H and O–H groups in total. The Kier molecular flexibility index (Phi) is 5.32. The molecule has 3 aromatic carbocycles. The minimum absolute atomic E-state index is 0.162. The summed E-state index contributed by atoms with van der Waals surface area (Å²) in [5.74, 6) is -0.731. The Morgan fingerprint density at radius 3 is 2.55 bits per heavy atom. The molecule has 0 spiro atoms. The number of aryl methyl sites for hydroxylation is 2. The summed E-state index contributed by atoms with van der Waals surface area (Å²) < 4.78 is 0. The van der Waals surface area contributed by atoms with Crippen LogP contribution in [-0.4, -0.2) is 24.1 Å². The van der Waals surface area contributed by atoms with Crippen molar-refractivity contribution in [3.8, 4) is 0 Å². The number of halogens is 1. The van der Waals surface area contributed by atoms with Crippen molar-refractivity contribution in [2.45, 2.75) is 19.8 Å². The van der Waals surface area contributed by atoms with E-state index < -0.39 is 0 Å². The summed E-state index contributed by atoms with van der Waals surface area (Å²) in [5.41, 5.74) is 7.37. The van der Waals surface area contributed by atoms with Gasteiger partial charge in [0.25, 0.3) is 11.8 Å². The van der Waals surface area contributed by atoms with E-state index in [1.54, 1.807) is 24.3 Å². The van der Waals surface area contributed by atoms with Crippen LogP contribution in [0.15, 0.2) is 59.7 Å². The van der Waals surface area contributed by atoms with Gasteiger partial charge in [-0.1, -0.05) is 29.8 Å². The van der Waals surface area contributed by atoms with E-state index in [2.05, 4.69) is 46.2 Å². The number of hydrazone groups is 1. The minimum atomic E-state index is -0.390. The van der Waals surface area contributed by atoms with Gasteiger partial charge in [0, 0.05) is 10.6 Å². The third kappa shape index (κ3) is 4.15.